The van der Waals surface area contributed by atoms with E-state index in [-0.39, 0.29) is 0 Å². The van der Waals surface area contributed by atoms with Gasteiger partial charge < -0.3 is 4.52 Å². The standard InChI is InChI=1S/C4H4N6O/c1-2-5-3(8-11-2)4-6-9-10-7-4/h1H3,(H,6,7,9,10). The van der Waals surface area contributed by atoms with Crippen LogP contribution in [0.1, 0.15) is 5.89 Å². The second kappa shape index (κ2) is 2.11. The summed E-state index contributed by atoms with van der Waals surface area (Å²) in [5.74, 6) is 1.16. The molecule has 0 unspecified atom stereocenters. The molecule has 2 heterocycles. The lowest BCUT2D eigenvalue weighted by Crippen LogP contribution is -1.82. The van der Waals surface area contributed by atoms with Gasteiger partial charge in [-0.25, -0.2) is 0 Å². The Kier molecular flexibility index (Phi) is 1.14. The van der Waals surface area contributed by atoms with Crippen molar-refractivity contribution in [1.82, 2.24) is 30.8 Å². The van der Waals surface area contributed by atoms with Gasteiger partial charge in [0.2, 0.25) is 17.5 Å². The fourth-order valence-electron chi connectivity index (χ4n) is 0.647. The summed E-state index contributed by atoms with van der Waals surface area (Å²) < 4.78 is 4.71. The van der Waals surface area contributed by atoms with Gasteiger partial charge in [0.1, 0.15) is 0 Å². The number of nitrogens with one attached hydrogen (secondary N) is 1. The molecule has 0 radical (unpaired) electrons. The van der Waals surface area contributed by atoms with Gasteiger partial charge in [-0.2, -0.15) is 10.2 Å². The number of hydrogen-bond donors (Lipinski definition) is 1. The number of aromatic nitrogens is 6. The van der Waals surface area contributed by atoms with Gasteiger partial charge in [-0.15, -0.1) is 10.2 Å². The highest BCUT2D eigenvalue weighted by molar-refractivity contribution is 5.38. The Bertz CT molecular complexity index is 337. The van der Waals surface area contributed by atoms with Gasteiger partial charge >= 0.3 is 0 Å². The van der Waals surface area contributed by atoms with Crippen LogP contribution in [0.15, 0.2) is 4.52 Å². The summed E-state index contributed by atoms with van der Waals surface area (Å²) in [4.78, 5) is 3.89. The third-order valence-corrected chi connectivity index (χ3v) is 1.07. The first-order valence-corrected chi connectivity index (χ1v) is 2.90. The van der Waals surface area contributed by atoms with Crippen LogP contribution in [-0.4, -0.2) is 30.8 Å². The van der Waals surface area contributed by atoms with Crippen LogP contribution < -0.4 is 0 Å². The van der Waals surface area contributed by atoms with Gasteiger partial charge in [0, 0.05) is 6.92 Å². The third kappa shape index (κ3) is 0.955. The van der Waals surface area contributed by atoms with E-state index in [1.165, 1.54) is 0 Å². The van der Waals surface area contributed by atoms with E-state index in [0.29, 0.717) is 17.5 Å². The minimum absolute atomic E-state index is 0.335. The van der Waals surface area contributed by atoms with E-state index in [1.807, 2.05) is 0 Å². The number of hydrogen-bond acceptors (Lipinski definition) is 6. The van der Waals surface area contributed by atoms with E-state index < -0.39 is 0 Å². The zero-order valence-corrected chi connectivity index (χ0v) is 5.64. The monoisotopic (exact) mass is 152 g/mol. The second-order valence-electron chi connectivity index (χ2n) is 1.87. The number of aryl methyl sites for hydroxylation is 1. The fourth-order valence-corrected chi connectivity index (χ4v) is 0.647. The molecule has 0 amide bonds. The number of tetrazole rings is 1. The summed E-state index contributed by atoms with van der Waals surface area (Å²) >= 11 is 0. The zero-order valence-electron chi connectivity index (χ0n) is 5.64. The maximum atomic E-state index is 4.71. The van der Waals surface area contributed by atoms with Gasteiger partial charge in [0.25, 0.3) is 0 Å². The van der Waals surface area contributed by atoms with Crippen molar-refractivity contribution < 1.29 is 4.52 Å². The number of aromatic amines is 1. The lowest BCUT2D eigenvalue weighted by molar-refractivity contribution is 0.394. The molecule has 0 spiro atoms. The molecular weight excluding hydrogens is 148 g/mol. The van der Waals surface area contributed by atoms with Crippen LogP contribution in [0, 0.1) is 6.92 Å². The highest BCUT2D eigenvalue weighted by Gasteiger charge is 2.08. The molecule has 2 aromatic rings. The van der Waals surface area contributed by atoms with E-state index >= 15 is 0 Å². The van der Waals surface area contributed by atoms with Crippen molar-refractivity contribution in [3.63, 3.8) is 0 Å². The highest BCUT2D eigenvalue weighted by Crippen LogP contribution is 2.05. The third-order valence-electron chi connectivity index (χ3n) is 1.07. The van der Waals surface area contributed by atoms with E-state index in [1.54, 1.807) is 6.92 Å². The molecular formula is C4H4N6O. The summed E-state index contributed by atoms with van der Waals surface area (Å²) in [6.45, 7) is 1.69. The van der Waals surface area contributed by atoms with E-state index in [4.69, 9.17) is 4.52 Å². The Labute approximate surface area is 60.8 Å². The van der Waals surface area contributed by atoms with Crippen molar-refractivity contribution in [2.45, 2.75) is 6.92 Å². The van der Waals surface area contributed by atoms with E-state index in [9.17, 15) is 0 Å². The Hall–Kier alpha value is -1.79. The molecule has 0 bridgehead atoms. The SMILES string of the molecule is Cc1nc(-c2nn[nH]n2)no1. The van der Waals surface area contributed by atoms with Crippen molar-refractivity contribution in [1.29, 1.82) is 0 Å². The fraction of sp³-hybridized carbons (Fsp3) is 0.250. The molecule has 11 heavy (non-hydrogen) atoms. The molecule has 7 nitrogen and oxygen atoms in total. The van der Waals surface area contributed by atoms with Crippen molar-refractivity contribution in [2.24, 2.45) is 0 Å². The van der Waals surface area contributed by atoms with E-state index in [0.717, 1.165) is 0 Å². The average molecular weight is 152 g/mol. The quantitative estimate of drug-likeness (QED) is 0.595. The molecule has 0 fully saturated rings. The lowest BCUT2D eigenvalue weighted by Gasteiger charge is -1.75. The molecule has 7 heteroatoms. The van der Waals surface area contributed by atoms with Gasteiger partial charge in [-0.3, -0.25) is 0 Å². The predicted octanol–water partition coefficient (Wildman–Crippen LogP) is -0.442. The van der Waals surface area contributed by atoms with Crippen LogP contribution in [0.5, 0.6) is 0 Å². The van der Waals surface area contributed by atoms with Crippen molar-refractivity contribution >= 4 is 0 Å². The summed E-state index contributed by atoms with van der Waals surface area (Å²) in [5.41, 5.74) is 0. The minimum Gasteiger partial charge on any atom is -0.339 e. The molecule has 0 aliphatic heterocycles. The van der Waals surface area contributed by atoms with Crippen LogP contribution in [0.25, 0.3) is 11.6 Å². The Morgan fingerprint density at radius 2 is 2.27 bits per heavy atom. The summed E-state index contributed by atoms with van der Waals surface area (Å²) in [7, 11) is 0. The van der Waals surface area contributed by atoms with Crippen LogP contribution in [0.3, 0.4) is 0 Å². The van der Waals surface area contributed by atoms with Crippen molar-refractivity contribution in [2.75, 3.05) is 0 Å². The lowest BCUT2D eigenvalue weighted by atomic mass is 10.6. The molecule has 0 aromatic carbocycles. The summed E-state index contributed by atoms with van der Waals surface area (Å²) in [6.07, 6.45) is 0. The largest absolute Gasteiger partial charge is 0.339 e. The highest BCUT2D eigenvalue weighted by atomic mass is 16.5. The van der Waals surface area contributed by atoms with E-state index in [2.05, 4.69) is 30.8 Å². The molecule has 1 N–H and O–H groups in total. The van der Waals surface area contributed by atoms with Crippen molar-refractivity contribution in [3.05, 3.63) is 5.89 Å². The van der Waals surface area contributed by atoms with Crippen LogP contribution in [-0.2, 0) is 0 Å². The maximum absolute atomic E-state index is 4.71. The predicted molar refractivity (Wildman–Crippen MR) is 32.2 cm³/mol. The van der Waals surface area contributed by atoms with Crippen LogP contribution in [0.2, 0.25) is 0 Å². The molecule has 0 aliphatic carbocycles. The minimum atomic E-state index is 0.335. The van der Waals surface area contributed by atoms with Crippen LogP contribution in [0.4, 0.5) is 0 Å². The van der Waals surface area contributed by atoms with Gasteiger partial charge in [-0.1, -0.05) is 5.16 Å². The Morgan fingerprint density at radius 3 is 2.82 bits per heavy atom. The number of H-pyrrole nitrogens is 1. The summed E-state index contributed by atoms with van der Waals surface area (Å²) in [5, 5.41) is 16.6. The second-order valence-corrected chi connectivity index (χ2v) is 1.87. The zero-order chi connectivity index (χ0) is 7.68. The molecule has 0 saturated heterocycles. The normalized spacial score (nSPS) is 10.3. The Balaban J connectivity index is 2.45. The average Bonchev–Trinajstić information content (AvgIpc) is 2.55. The number of rotatable bonds is 1. The first kappa shape index (κ1) is 5.96. The topological polar surface area (TPSA) is 93.4 Å². The molecule has 2 rings (SSSR count). The first-order valence-electron chi connectivity index (χ1n) is 2.90. The first-order chi connectivity index (χ1) is 5.36. The molecule has 2 aromatic heterocycles. The number of nitrogens with zero attached hydrogens (tertiary/aromatic N) is 5. The van der Waals surface area contributed by atoms with Gasteiger partial charge in [0.05, 0.1) is 0 Å². The van der Waals surface area contributed by atoms with Gasteiger partial charge in [0.15, 0.2) is 0 Å². The maximum Gasteiger partial charge on any atom is 0.245 e. The molecule has 0 atom stereocenters. The summed E-state index contributed by atoms with van der Waals surface area (Å²) in [6, 6.07) is 0. The smallest absolute Gasteiger partial charge is 0.245 e. The Morgan fingerprint density at radius 1 is 1.36 bits per heavy atom. The molecule has 0 saturated carbocycles. The molecule has 56 valence electrons. The van der Waals surface area contributed by atoms with Crippen LogP contribution >= 0.6 is 0 Å². The van der Waals surface area contributed by atoms with Gasteiger partial charge in [-0.05, 0) is 5.21 Å². The molecule has 0 aliphatic rings. The van der Waals surface area contributed by atoms with Crippen molar-refractivity contribution in [3.8, 4) is 11.6 Å².